The van der Waals surface area contributed by atoms with Gasteiger partial charge in [-0.05, 0) is 25.5 Å². The molecule has 1 aromatic carbocycles. The van der Waals surface area contributed by atoms with Crippen LogP contribution >= 0.6 is 11.6 Å². The van der Waals surface area contributed by atoms with Crippen molar-refractivity contribution < 1.29 is 9.63 Å². The second-order valence-corrected chi connectivity index (χ2v) is 4.83. The van der Waals surface area contributed by atoms with Gasteiger partial charge in [0.15, 0.2) is 0 Å². The van der Waals surface area contributed by atoms with Crippen molar-refractivity contribution in [3.63, 3.8) is 0 Å². The molecule has 0 saturated heterocycles. The molecule has 0 saturated carbocycles. The van der Waals surface area contributed by atoms with Crippen LogP contribution in [0.5, 0.6) is 0 Å². The molecule has 0 radical (unpaired) electrons. The Balaban J connectivity index is 2.34. The summed E-state index contributed by atoms with van der Waals surface area (Å²) in [4.78, 5) is 4.22. The number of hydrogen-bond donors (Lipinski definition) is 1. The lowest BCUT2D eigenvalue weighted by Crippen LogP contribution is -2.21. The molecule has 0 aliphatic rings. The molecule has 0 aliphatic heterocycles. The Hall–Kier alpha value is -1.39. The highest BCUT2D eigenvalue weighted by molar-refractivity contribution is 6.33. The Morgan fingerprint density at radius 1 is 1.39 bits per heavy atom. The van der Waals surface area contributed by atoms with E-state index in [0.29, 0.717) is 22.8 Å². The topological polar surface area (TPSA) is 59.2 Å². The maximum Gasteiger partial charge on any atom is 0.258 e. The first-order chi connectivity index (χ1) is 8.54. The summed E-state index contributed by atoms with van der Waals surface area (Å²) in [5, 5.41) is 14.6. The van der Waals surface area contributed by atoms with Gasteiger partial charge in [0.25, 0.3) is 5.89 Å². The number of aliphatic hydroxyl groups is 1. The Morgan fingerprint density at radius 3 is 2.78 bits per heavy atom. The lowest BCUT2D eigenvalue weighted by atomic mass is 10.0. The summed E-state index contributed by atoms with van der Waals surface area (Å²) in [5.41, 5.74) is -0.400. The van der Waals surface area contributed by atoms with Crippen LogP contribution in [0.2, 0.25) is 5.02 Å². The molecule has 18 heavy (non-hydrogen) atoms. The number of rotatable bonds is 4. The molecule has 5 heteroatoms. The van der Waals surface area contributed by atoms with E-state index in [9.17, 15) is 5.11 Å². The Bertz CT molecular complexity index is 537. The molecule has 2 aromatic rings. The molecule has 0 bridgehead atoms. The summed E-state index contributed by atoms with van der Waals surface area (Å²) < 4.78 is 5.12. The van der Waals surface area contributed by atoms with Gasteiger partial charge >= 0.3 is 0 Å². The molecule has 1 N–H and O–H groups in total. The molecule has 96 valence electrons. The van der Waals surface area contributed by atoms with E-state index in [4.69, 9.17) is 16.1 Å². The molecule has 0 unspecified atom stereocenters. The van der Waals surface area contributed by atoms with E-state index in [-0.39, 0.29) is 5.89 Å². The zero-order chi connectivity index (χ0) is 13.2. The maximum atomic E-state index is 10.2. The molecular formula is C13H15ClN2O2. The lowest BCUT2D eigenvalue weighted by Gasteiger charge is -2.16. The van der Waals surface area contributed by atoms with Crippen LogP contribution in [0.15, 0.2) is 28.8 Å². The minimum atomic E-state index is -1.10. The van der Waals surface area contributed by atoms with Gasteiger partial charge in [-0.15, -0.1) is 0 Å². The van der Waals surface area contributed by atoms with Crippen molar-refractivity contribution in [3.8, 4) is 11.4 Å². The highest BCUT2D eigenvalue weighted by atomic mass is 35.5. The highest BCUT2D eigenvalue weighted by Gasteiger charge is 2.29. The van der Waals surface area contributed by atoms with Gasteiger partial charge in [-0.25, -0.2) is 0 Å². The van der Waals surface area contributed by atoms with Crippen molar-refractivity contribution >= 4 is 11.6 Å². The van der Waals surface area contributed by atoms with Gasteiger partial charge < -0.3 is 9.63 Å². The molecule has 1 heterocycles. The molecule has 4 nitrogen and oxygen atoms in total. The summed E-state index contributed by atoms with van der Waals surface area (Å²) in [5.74, 6) is 0.617. The van der Waals surface area contributed by atoms with E-state index >= 15 is 0 Å². The number of halogens is 1. The monoisotopic (exact) mass is 266 g/mol. The zero-order valence-electron chi connectivity index (χ0n) is 10.4. The van der Waals surface area contributed by atoms with Crippen LogP contribution in [0.1, 0.15) is 32.6 Å². The van der Waals surface area contributed by atoms with Gasteiger partial charge in [-0.3, -0.25) is 0 Å². The number of hydrogen-bond acceptors (Lipinski definition) is 4. The number of benzene rings is 1. The first kappa shape index (κ1) is 13.1. The molecule has 0 spiro atoms. The van der Waals surface area contributed by atoms with Crippen LogP contribution in [-0.2, 0) is 5.60 Å². The summed E-state index contributed by atoms with van der Waals surface area (Å²) in [6, 6.07) is 7.25. The van der Waals surface area contributed by atoms with E-state index < -0.39 is 5.60 Å². The average molecular weight is 267 g/mol. The molecule has 0 aliphatic carbocycles. The Labute approximate surface area is 111 Å². The second-order valence-electron chi connectivity index (χ2n) is 4.43. The predicted octanol–water partition coefficient (Wildman–Crippen LogP) is 3.40. The van der Waals surface area contributed by atoms with Gasteiger partial charge in [0.05, 0.1) is 5.02 Å². The van der Waals surface area contributed by atoms with Crippen molar-refractivity contribution in [1.29, 1.82) is 0 Å². The third-order valence-electron chi connectivity index (χ3n) is 2.74. The van der Waals surface area contributed by atoms with E-state index in [1.165, 1.54) is 0 Å². The standard InChI is InChI=1S/C13H15ClN2O2/c1-3-8-13(2,17)12-15-11(16-18-12)9-6-4-5-7-10(9)14/h4-7,17H,3,8H2,1-2H3/t13-/m0/s1. The van der Waals surface area contributed by atoms with Crippen LogP contribution in [0.4, 0.5) is 0 Å². The summed E-state index contributed by atoms with van der Waals surface area (Å²) >= 11 is 6.06. The molecule has 0 amide bonds. The SMILES string of the molecule is CCC[C@](C)(O)c1nc(-c2ccccc2Cl)no1. The summed E-state index contributed by atoms with van der Waals surface area (Å²) in [7, 11) is 0. The van der Waals surface area contributed by atoms with Crippen LogP contribution in [0.3, 0.4) is 0 Å². The van der Waals surface area contributed by atoms with Crippen molar-refractivity contribution in [2.45, 2.75) is 32.3 Å². The van der Waals surface area contributed by atoms with Crippen molar-refractivity contribution in [3.05, 3.63) is 35.2 Å². The van der Waals surface area contributed by atoms with Gasteiger partial charge in [-0.2, -0.15) is 4.98 Å². The van der Waals surface area contributed by atoms with Gasteiger partial charge in [0, 0.05) is 5.56 Å². The molecule has 1 atom stereocenters. The predicted molar refractivity (Wildman–Crippen MR) is 69.2 cm³/mol. The van der Waals surface area contributed by atoms with Gasteiger partial charge in [-0.1, -0.05) is 42.2 Å². The third-order valence-corrected chi connectivity index (χ3v) is 3.07. The third kappa shape index (κ3) is 2.54. The van der Waals surface area contributed by atoms with Gasteiger partial charge in [0.2, 0.25) is 5.82 Å². The van der Waals surface area contributed by atoms with E-state index in [2.05, 4.69) is 10.1 Å². The number of nitrogens with zero attached hydrogens (tertiary/aromatic N) is 2. The summed E-state index contributed by atoms with van der Waals surface area (Å²) in [6.07, 6.45) is 1.40. The summed E-state index contributed by atoms with van der Waals surface area (Å²) in [6.45, 7) is 3.65. The zero-order valence-corrected chi connectivity index (χ0v) is 11.1. The molecule has 1 aromatic heterocycles. The van der Waals surface area contributed by atoms with Crippen LogP contribution in [0, 0.1) is 0 Å². The maximum absolute atomic E-state index is 10.2. The smallest absolute Gasteiger partial charge is 0.258 e. The van der Waals surface area contributed by atoms with Crippen molar-refractivity contribution in [2.24, 2.45) is 0 Å². The average Bonchev–Trinajstić information content (AvgIpc) is 2.79. The molecule has 0 fully saturated rings. The normalized spacial score (nSPS) is 14.4. The van der Waals surface area contributed by atoms with E-state index in [0.717, 1.165) is 6.42 Å². The van der Waals surface area contributed by atoms with E-state index in [1.807, 2.05) is 25.1 Å². The van der Waals surface area contributed by atoms with Gasteiger partial charge in [0.1, 0.15) is 5.60 Å². The first-order valence-electron chi connectivity index (χ1n) is 5.86. The lowest BCUT2D eigenvalue weighted by molar-refractivity contribution is 0.0138. The molecule has 2 rings (SSSR count). The fourth-order valence-electron chi connectivity index (χ4n) is 1.79. The highest BCUT2D eigenvalue weighted by Crippen LogP contribution is 2.29. The van der Waals surface area contributed by atoms with Crippen LogP contribution in [-0.4, -0.2) is 15.2 Å². The van der Waals surface area contributed by atoms with E-state index in [1.54, 1.807) is 13.0 Å². The molecular weight excluding hydrogens is 252 g/mol. The minimum absolute atomic E-state index is 0.222. The fraction of sp³-hybridized carbons (Fsp3) is 0.385. The Morgan fingerprint density at radius 2 is 2.11 bits per heavy atom. The largest absolute Gasteiger partial charge is 0.380 e. The van der Waals surface area contributed by atoms with Crippen LogP contribution < -0.4 is 0 Å². The first-order valence-corrected chi connectivity index (χ1v) is 6.24. The quantitative estimate of drug-likeness (QED) is 0.921. The van der Waals surface area contributed by atoms with Crippen LogP contribution in [0.25, 0.3) is 11.4 Å². The van der Waals surface area contributed by atoms with Crippen molar-refractivity contribution in [2.75, 3.05) is 0 Å². The van der Waals surface area contributed by atoms with Crippen molar-refractivity contribution in [1.82, 2.24) is 10.1 Å². The minimum Gasteiger partial charge on any atom is -0.380 e. The number of aromatic nitrogens is 2. The fourth-order valence-corrected chi connectivity index (χ4v) is 2.01. The second kappa shape index (κ2) is 5.08. The Kier molecular flexibility index (Phi) is 3.68.